The van der Waals surface area contributed by atoms with E-state index < -0.39 is 0 Å². The van der Waals surface area contributed by atoms with E-state index in [-0.39, 0.29) is 24.9 Å². The van der Waals surface area contributed by atoms with Gasteiger partial charge in [-0.1, -0.05) is 30.3 Å². The van der Waals surface area contributed by atoms with Crippen molar-refractivity contribution in [3.8, 4) is 11.1 Å². The Morgan fingerprint density at radius 1 is 0.889 bits per heavy atom. The van der Waals surface area contributed by atoms with Crippen LogP contribution in [0, 0.1) is 0 Å². The summed E-state index contributed by atoms with van der Waals surface area (Å²) in [6.45, 7) is -0.269. The number of benzene rings is 2. The topological polar surface area (TPSA) is 88.3 Å². The molecule has 2 aromatic carbocycles. The Labute approximate surface area is 157 Å². The molecule has 0 radical (unpaired) electrons. The van der Waals surface area contributed by atoms with Crippen molar-refractivity contribution in [2.75, 3.05) is 23.3 Å². The summed E-state index contributed by atoms with van der Waals surface area (Å²) in [5.74, 6) is -0.610. The summed E-state index contributed by atoms with van der Waals surface area (Å²) in [4.78, 5) is 29.9. The van der Waals surface area contributed by atoms with Crippen molar-refractivity contribution in [3.63, 3.8) is 0 Å². The van der Waals surface area contributed by atoms with Crippen LogP contribution in [0.5, 0.6) is 0 Å². The van der Waals surface area contributed by atoms with Gasteiger partial charge in [-0.25, -0.2) is 0 Å². The number of pyridine rings is 1. The average molecular weight is 360 g/mol. The molecule has 0 atom stereocenters. The van der Waals surface area contributed by atoms with Gasteiger partial charge in [-0.3, -0.25) is 14.6 Å². The largest absolute Gasteiger partial charge is 0.325 e. The van der Waals surface area contributed by atoms with E-state index in [0.717, 1.165) is 11.1 Å². The lowest BCUT2D eigenvalue weighted by atomic mass is 10.1. The molecule has 3 rings (SSSR count). The van der Waals surface area contributed by atoms with Gasteiger partial charge in [-0.2, -0.15) is 0 Å². The lowest BCUT2D eigenvalue weighted by Gasteiger charge is -2.21. The number of nitrogens with one attached hydrogen (secondary N) is 1. The van der Waals surface area contributed by atoms with E-state index in [9.17, 15) is 9.59 Å². The van der Waals surface area contributed by atoms with E-state index in [2.05, 4.69) is 10.3 Å². The van der Waals surface area contributed by atoms with Crippen LogP contribution in [0.3, 0.4) is 0 Å². The molecule has 1 aromatic heterocycles. The number of carbonyl (C=O) groups is 2. The van der Waals surface area contributed by atoms with Gasteiger partial charge in [0.1, 0.15) is 6.54 Å². The van der Waals surface area contributed by atoms with E-state index in [0.29, 0.717) is 11.4 Å². The second kappa shape index (κ2) is 8.73. The SMILES string of the molecule is NCC(=O)N(CC(=O)Nc1ccc(-c2ccncc2)cc1)c1ccccc1. The summed E-state index contributed by atoms with van der Waals surface area (Å²) in [5, 5.41) is 2.81. The fourth-order valence-electron chi connectivity index (χ4n) is 2.68. The molecule has 0 saturated carbocycles. The molecule has 3 N–H and O–H groups in total. The molecule has 3 aromatic rings. The van der Waals surface area contributed by atoms with Gasteiger partial charge < -0.3 is 16.0 Å². The third-order valence-corrected chi connectivity index (χ3v) is 4.03. The first-order valence-electron chi connectivity index (χ1n) is 8.53. The van der Waals surface area contributed by atoms with Crippen molar-refractivity contribution >= 4 is 23.2 Å². The predicted octanol–water partition coefficient (Wildman–Crippen LogP) is 2.68. The van der Waals surface area contributed by atoms with Gasteiger partial charge in [-0.15, -0.1) is 0 Å². The Hall–Kier alpha value is -3.51. The average Bonchev–Trinajstić information content (AvgIpc) is 2.73. The van der Waals surface area contributed by atoms with E-state index in [1.54, 1.807) is 24.5 Å². The lowest BCUT2D eigenvalue weighted by Crippen LogP contribution is -2.41. The summed E-state index contributed by atoms with van der Waals surface area (Å²) in [6.07, 6.45) is 3.47. The Kier molecular flexibility index (Phi) is 5.91. The number of anilines is 2. The molecular formula is C21H20N4O2. The first-order chi connectivity index (χ1) is 13.2. The highest BCUT2D eigenvalue weighted by atomic mass is 16.2. The maximum Gasteiger partial charge on any atom is 0.244 e. The molecule has 6 heteroatoms. The fourth-order valence-corrected chi connectivity index (χ4v) is 2.68. The highest BCUT2D eigenvalue weighted by Gasteiger charge is 2.17. The molecule has 27 heavy (non-hydrogen) atoms. The summed E-state index contributed by atoms with van der Waals surface area (Å²) in [5.41, 5.74) is 8.85. The number of nitrogens with zero attached hydrogens (tertiary/aromatic N) is 2. The quantitative estimate of drug-likeness (QED) is 0.707. The molecule has 0 unspecified atom stereocenters. The summed E-state index contributed by atoms with van der Waals surface area (Å²) in [6, 6.07) is 20.3. The van der Waals surface area contributed by atoms with Crippen molar-refractivity contribution < 1.29 is 9.59 Å². The molecule has 0 fully saturated rings. The molecule has 0 saturated heterocycles. The van der Waals surface area contributed by atoms with Crippen molar-refractivity contribution in [3.05, 3.63) is 79.1 Å². The molecule has 136 valence electrons. The first-order valence-corrected chi connectivity index (χ1v) is 8.53. The van der Waals surface area contributed by atoms with Crippen LogP contribution in [0.25, 0.3) is 11.1 Å². The molecule has 0 aliphatic heterocycles. The van der Waals surface area contributed by atoms with Crippen molar-refractivity contribution in [1.29, 1.82) is 0 Å². The molecule has 2 amide bonds. The van der Waals surface area contributed by atoms with Gasteiger partial charge >= 0.3 is 0 Å². The van der Waals surface area contributed by atoms with Crippen LogP contribution < -0.4 is 16.0 Å². The van der Waals surface area contributed by atoms with Gasteiger partial charge in [0.15, 0.2) is 0 Å². The Morgan fingerprint density at radius 3 is 2.15 bits per heavy atom. The number of carbonyl (C=O) groups excluding carboxylic acids is 2. The van der Waals surface area contributed by atoms with Crippen LogP contribution in [0.15, 0.2) is 79.1 Å². The number of nitrogens with two attached hydrogens (primary N) is 1. The molecule has 1 heterocycles. The van der Waals surface area contributed by atoms with Gasteiger partial charge in [-0.05, 0) is 47.5 Å². The zero-order valence-electron chi connectivity index (χ0n) is 14.7. The Bertz CT molecular complexity index is 896. The van der Waals surface area contributed by atoms with Crippen LogP contribution in [-0.2, 0) is 9.59 Å². The van der Waals surface area contributed by atoms with Crippen LogP contribution >= 0.6 is 0 Å². The second-order valence-electron chi connectivity index (χ2n) is 5.88. The summed E-state index contributed by atoms with van der Waals surface area (Å²) < 4.78 is 0. The highest BCUT2D eigenvalue weighted by molar-refractivity contribution is 6.03. The minimum Gasteiger partial charge on any atom is -0.325 e. The monoisotopic (exact) mass is 360 g/mol. The predicted molar refractivity (Wildman–Crippen MR) is 106 cm³/mol. The Balaban J connectivity index is 1.68. The molecule has 0 aliphatic carbocycles. The second-order valence-corrected chi connectivity index (χ2v) is 5.88. The van der Waals surface area contributed by atoms with E-state index >= 15 is 0 Å². The lowest BCUT2D eigenvalue weighted by molar-refractivity contribution is -0.120. The zero-order chi connectivity index (χ0) is 19.1. The molecule has 6 nitrogen and oxygen atoms in total. The van der Waals surface area contributed by atoms with E-state index in [4.69, 9.17) is 5.73 Å². The van der Waals surface area contributed by atoms with Gasteiger partial charge in [0, 0.05) is 23.8 Å². The summed E-state index contributed by atoms with van der Waals surface area (Å²) in [7, 11) is 0. The number of amides is 2. The van der Waals surface area contributed by atoms with Crippen LogP contribution in [0.2, 0.25) is 0 Å². The minimum absolute atomic E-state index is 0.105. The number of hydrogen-bond donors (Lipinski definition) is 2. The minimum atomic E-state index is -0.315. The maximum absolute atomic E-state index is 12.4. The maximum atomic E-state index is 12.4. The molecule has 0 bridgehead atoms. The third-order valence-electron chi connectivity index (χ3n) is 4.03. The normalized spacial score (nSPS) is 10.3. The molecule has 0 spiro atoms. The standard InChI is InChI=1S/C21H20N4O2/c22-14-21(27)25(19-4-2-1-3-5-19)15-20(26)24-18-8-6-16(7-9-18)17-10-12-23-13-11-17/h1-13H,14-15,22H2,(H,24,26). The number of hydrogen-bond acceptors (Lipinski definition) is 4. The zero-order valence-corrected chi connectivity index (χ0v) is 14.7. The third kappa shape index (κ3) is 4.77. The van der Waals surface area contributed by atoms with Crippen LogP contribution in [-0.4, -0.2) is 29.9 Å². The van der Waals surface area contributed by atoms with Crippen molar-refractivity contribution in [1.82, 2.24) is 4.98 Å². The van der Waals surface area contributed by atoms with Gasteiger partial charge in [0.2, 0.25) is 11.8 Å². The Morgan fingerprint density at radius 2 is 1.52 bits per heavy atom. The fraction of sp³-hybridized carbons (Fsp3) is 0.0952. The highest BCUT2D eigenvalue weighted by Crippen LogP contribution is 2.20. The molecular weight excluding hydrogens is 340 g/mol. The van der Waals surface area contributed by atoms with E-state index in [1.165, 1.54) is 4.90 Å². The smallest absolute Gasteiger partial charge is 0.244 e. The van der Waals surface area contributed by atoms with E-state index in [1.807, 2.05) is 54.6 Å². The number of rotatable bonds is 6. The van der Waals surface area contributed by atoms with Crippen LogP contribution in [0.1, 0.15) is 0 Å². The van der Waals surface area contributed by atoms with Gasteiger partial charge in [0.25, 0.3) is 0 Å². The number of para-hydroxylation sites is 1. The first kappa shape index (κ1) is 18.3. The summed E-state index contributed by atoms with van der Waals surface area (Å²) >= 11 is 0. The van der Waals surface area contributed by atoms with Gasteiger partial charge in [0.05, 0.1) is 6.54 Å². The van der Waals surface area contributed by atoms with Crippen molar-refractivity contribution in [2.45, 2.75) is 0 Å². The van der Waals surface area contributed by atoms with Crippen molar-refractivity contribution in [2.24, 2.45) is 5.73 Å². The van der Waals surface area contributed by atoms with Crippen LogP contribution in [0.4, 0.5) is 11.4 Å². The molecule has 0 aliphatic rings. The number of aromatic nitrogens is 1.